The third kappa shape index (κ3) is 4.20. The zero-order chi connectivity index (χ0) is 15.4. The summed E-state index contributed by atoms with van der Waals surface area (Å²) >= 11 is 0. The van der Waals surface area contributed by atoms with E-state index >= 15 is 0 Å². The molecular formula is C15H19NO4S. The minimum absolute atomic E-state index is 0.00912. The van der Waals surface area contributed by atoms with Gasteiger partial charge in [0.2, 0.25) is 0 Å². The lowest BCUT2D eigenvalue weighted by atomic mass is 9.91. The molecule has 1 aromatic rings. The van der Waals surface area contributed by atoms with Crippen LogP contribution in [-0.2, 0) is 10.8 Å². The summed E-state index contributed by atoms with van der Waals surface area (Å²) in [5.74, 6) is 0.374. The number of ketones is 1. The first-order valence-electron chi connectivity index (χ1n) is 7.12. The second-order valence-electron chi connectivity index (χ2n) is 5.65. The molecule has 1 saturated carbocycles. The molecule has 0 aromatic heterocycles. The molecule has 3 atom stereocenters. The summed E-state index contributed by atoms with van der Waals surface area (Å²) in [6.45, 7) is 2.15. The van der Waals surface area contributed by atoms with E-state index < -0.39 is 15.7 Å². The van der Waals surface area contributed by atoms with Crippen LogP contribution in [0.5, 0.6) is 0 Å². The Morgan fingerprint density at radius 1 is 1.33 bits per heavy atom. The molecule has 1 aromatic carbocycles. The van der Waals surface area contributed by atoms with Gasteiger partial charge in [0.15, 0.2) is 5.78 Å². The van der Waals surface area contributed by atoms with E-state index in [9.17, 15) is 19.1 Å². The van der Waals surface area contributed by atoms with Gasteiger partial charge in [-0.1, -0.05) is 19.8 Å². The molecule has 21 heavy (non-hydrogen) atoms. The van der Waals surface area contributed by atoms with Crippen LogP contribution in [0.25, 0.3) is 0 Å². The highest BCUT2D eigenvalue weighted by atomic mass is 32.2. The molecule has 1 aliphatic carbocycles. The van der Waals surface area contributed by atoms with Gasteiger partial charge in [-0.25, -0.2) is 0 Å². The summed E-state index contributed by atoms with van der Waals surface area (Å²) in [4.78, 5) is 22.2. The Hall–Kier alpha value is -1.56. The molecule has 0 aliphatic heterocycles. The largest absolute Gasteiger partial charge is 0.293 e. The van der Waals surface area contributed by atoms with Crippen LogP contribution in [0.3, 0.4) is 0 Å². The molecule has 0 N–H and O–H groups in total. The van der Waals surface area contributed by atoms with Gasteiger partial charge in [-0.2, -0.15) is 0 Å². The van der Waals surface area contributed by atoms with Crippen LogP contribution in [0, 0.1) is 16.0 Å². The number of nitro benzene ring substituents is 1. The van der Waals surface area contributed by atoms with Gasteiger partial charge < -0.3 is 0 Å². The second-order valence-corrected chi connectivity index (χ2v) is 7.36. The third-order valence-corrected chi connectivity index (χ3v) is 5.65. The van der Waals surface area contributed by atoms with Gasteiger partial charge in [0.05, 0.1) is 10.7 Å². The number of rotatable bonds is 5. The van der Waals surface area contributed by atoms with Crippen molar-refractivity contribution in [3.8, 4) is 0 Å². The smallest absolute Gasteiger partial charge is 0.269 e. The summed E-state index contributed by atoms with van der Waals surface area (Å²) in [6.07, 6.45) is 4.08. The monoisotopic (exact) mass is 309 g/mol. The fourth-order valence-corrected chi connectivity index (χ4v) is 4.35. The summed E-state index contributed by atoms with van der Waals surface area (Å²) in [6, 6.07) is 5.47. The van der Waals surface area contributed by atoms with Gasteiger partial charge in [-0.05, 0) is 30.9 Å². The van der Waals surface area contributed by atoms with Crippen molar-refractivity contribution in [1.29, 1.82) is 0 Å². The van der Waals surface area contributed by atoms with Crippen molar-refractivity contribution in [2.75, 3.05) is 5.75 Å². The van der Waals surface area contributed by atoms with Crippen molar-refractivity contribution in [3.05, 3.63) is 39.9 Å². The maximum atomic E-state index is 12.3. The normalized spacial score (nSPS) is 23.5. The van der Waals surface area contributed by atoms with Gasteiger partial charge in [0.25, 0.3) is 5.69 Å². The Labute approximate surface area is 126 Å². The number of carbonyl (C=O) groups excluding carboxylic acids is 1. The number of hydrogen-bond acceptors (Lipinski definition) is 4. The SMILES string of the molecule is CC1CCCC(S(=O)CC(=O)c2ccc([N+](=O)[O-])cc2)C1. The van der Waals surface area contributed by atoms with E-state index in [0.717, 1.165) is 19.3 Å². The number of nitro groups is 1. The molecule has 1 fully saturated rings. The highest BCUT2D eigenvalue weighted by molar-refractivity contribution is 7.86. The number of Topliss-reactive ketones (excluding diaryl/α,β-unsaturated/α-hetero) is 1. The van der Waals surface area contributed by atoms with E-state index in [0.29, 0.717) is 11.5 Å². The van der Waals surface area contributed by atoms with Crippen LogP contribution in [0.4, 0.5) is 5.69 Å². The first kappa shape index (κ1) is 15.8. The molecule has 0 radical (unpaired) electrons. The molecule has 5 nitrogen and oxygen atoms in total. The zero-order valence-corrected chi connectivity index (χ0v) is 12.8. The standard InChI is InChI=1S/C15H19NO4S/c1-11-3-2-4-14(9-11)21(20)10-15(17)12-5-7-13(8-6-12)16(18)19/h5-8,11,14H,2-4,9-10H2,1H3. The predicted molar refractivity (Wildman–Crippen MR) is 81.9 cm³/mol. The molecule has 0 bridgehead atoms. The van der Waals surface area contributed by atoms with Crippen LogP contribution in [0.2, 0.25) is 0 Å². The number of nitrogens with zero attached hydrogens (tertiary/aromatic N) is 1. The second kappa shape index (κ2) is 6.93. The molecule has 6 heteroatoms. The van der Waals surface area contributed by atoms with Crippen LogP contribution >= 0.6 is 0 Å². The molecule has 0 amide bonds. The van der Waals surface area contributed by atoms with E-state index in [1.165, 1.54) is 30.7 Å². The van der Waals surface area contributed by atoms with E-state index in [1.54, 1.807) is 0 Å². The predicted octanol–water partition coefficient (Wildman–Crippen LogP) is 3.10. The maximum Gasteiger partial charge on any atom is 0.269 e. The lowest BCUT2D eigenvalue weighted by Crippen LogP contribution is -2.27. The van der Waals surface area contributed by atoms with Gasteiger partial charge in [-0.15, -0.1) is 0 Å². The van der Waals surface area contributed by atoms with E-state index in [-0.39, 0.29) is 22.5 Å². The number of carbonyl (C=O) groups is 1. The highest BCUT2D eigenvalue weighted by Crippen LogP contribution is 2.27. The van der Waals surface area contributed by atoms with Gasteiger partial charge in [0, 0.05) is 33.7 Å². The van der Waals surface area contributed by atoms with Gasteiger partial charge in [0.1, 0.15) is 0 Å². The minimum Gasteiger partial charge on any atom is -0.293 e. The van der Waals surface area contributed by atoms with Crippen molar-refractivity contribution < 1.29 is 13.9 Å². The van der Waals surface area contributed by atoms with Crippen LogP contribution < -0.4 is 0 Å². The Bertz CT molecular complexity index is 555. The first-order chi connectivity index (χ1) is 9.97. The average Bonchev–Trinajstić information content (AvgIpc) is 2.47. The van der Waals surface area contributed by atoms with Crippen molar-refractivity contribution >= 4 is 22.3 Å². The molecule has 114 valence electrons. The van der Waals surface area contributed by atoms with E-state index in [4.69, 9.17) is 0 Å². The summed E-state index contributed by atoms with van der Waals surface area (Å²) in [7, 11) is -1.16. The Morgan fingerprint density at radius 2 is 2.00 bits per heavy atom. The lowest BCUT2D eigenvalue weighted by Gasteiger charge is -2.25. The van der Waals surface area contributed by atoms with Crippen molar-refractivity contribution in [1.82, 2.24) is 0 Å². The minimum atomic E-state index is -1.16. The van der Waals surface area contributed by atoms with Gasteiger partial charge >= 0.3 is 0 Å². The van der Waals surface area contributed by atoms with E-state index in [2.05, 4.69) is 6.92 Å². The molecule has 0 heterocycles. The summed E-state index contributed by atoms with van der Waals surface area (Å²) in [5, 5.41) is 10.7. The van der Waals surface area contributed by atoms with Gasteiger partial charge in [-0.3, -0.25) is 19.1 Å². The fraction of sp³-hybridized carbons (Fsp3) is 0.533. The Balaban J connectivity index is 1.97. The third-order valence-electron chi connectivity index (χ3n) is 3.93. The van der Waals surface area contributed by atoms with Crippen LogP contribution in [0.15, 0.2) is 24.3 Å². The highest BCUT2D eigenvalue weighted by Gasteiger charge is 2.25. The quantitative estimate of drug-likeness (QED) is 0.475. The molecule has 0 saturated heterocycles. The zero-order valence-electron chi connectivity index (χ0n) is 12.0. The Morgan fingerprint density at radius 3 is 2.57 bits per heavy atom. The van der Waals surface area contributed by atoms with E-state index in [1.807, 2.05) is 0 Å². The molecule has 2 rings (SSSR count). The fourth-order valence-electron chi connectivity index (χ4n) is 2.72. The molecular weight excluding hydrogens is 290 g/mol. The van der Waals surface area contributed by atoms with Crippen molar-refractivity contribution in [2.24, 2.45) is 5.92 Å². The van der Waals surface area contributed by atoms with Crippen LogP contribution in [0.1, 0.15) is 43.0 Å². The summed E-state index contributed by atoms with van der Waals surface area (Å²) < 4.78 is 12.3. The maximum absolute atomic E-state index is 12.3. The number of hydrogen-bond donors (Lipinski definition) is 0. The lowest BCUT2D eigenvalue weighted by molar-refractivity contribution is -0.384. The van der Waals surface area contributed by atoms with Crippen molar-refractivity contribution in [3.63, 3.8) is 0 Å². The Kier molecular flexibility index (Phi) is 5.22. The first-order valence-corrected chi connectivity index (χ1v) is 8.50. The molecule has 0 spiro atoms. The molecule has 3 unspecified atom stereocenters. The number of non-ortho nitro benzene ring substituents is 1. The molecule has 1 aliphatic rings. The average molecular weight is 309 g/mol. The van der Waals surface area contributed by atoms with Crippen LogP contribution in [-0.4, -0.2) is 25.9 Å². The topological polar surface area (TPSA) is 77.3 Å². The van der Waals surface area contributed by atoms with Crippen molar-refractivity contribution in [2.45, 2.75) is 37.9 Å². The summed E-state index contributed by atoms with van der Waals surface area (Å²) in [5.41, 5.74) is 0.339. The number of benzene rings is 1.